The third kappa shape index (κ3) is 4.93. The maximum atomic E-state index is 12.1. The van der Waals surface area contributed by atoms with E-state index in [-0.39, 0.29) is 12.0 Å². The summed E-state index contributed by atoms with van der Waals surface area (Å²) in [5.74, 6) is -0.186. The van der Waals surface area contributed by atoms with E-state index in [4.69, 9.17) is 9.47 Å². The molecule has 0 saturated carbocycles. The Kier molecular flexibility index (Phi) is 6.82. The molecule has 20 heavy (non-hydrogen) atoms. The number of thioether (sulfide) groups is 1. The summed E-state index contributed by atoms with van der Waals surface area (Å²) >= 11 is 1.92. The Bertz CT molecular complexity index is 324. The van der Waals surface area contributed by atoms with Gasteiger partial charge in [0.2, 0.25) is 0 Å². The second-order valence-electron chi connectivity index (χ2n) is 6.18. The van der Waals surface area contributed by atoms with Gasteiger partial charge >= 0.3 is 5.97 Å². The summed E-state index contributed by atoms with van der Waals surface area (Å²) in [4.78, 5) is 12.1. The van der Waals surface area contributed by atoms with Crippen LogP contribution in [0.15, 0.2) is 0 Å². The topological polar surface area (TPSA) is 47.6 Å². The van der Waals surface area contributed by atoms with Gasteiger partial charge in [-0.2, -0.15) is 11.8 Å². The summed E-state index contributed by atoms with van der Waals surface area (Å²) in [6.45, 7) is 11.2. The van der Waals surface area contributed by atoms with Crippen LogP contribution in [0.3, 0.4) is 0 Å². The van der Waals surface area contributed by atoms with E-state index in [1.807, 2.05) is 32.5 Å². The zero-order valence-corrected chi connectivity index (χ0v) is 14.4. The second kappa shape index (κ2) is 7.66. The maximum Gasteiger partial charge on any atom is 0.325 e. The minimum Gasteiger partial charge on any atom is -0.468 e. The Morgan fingerprint density at radius 1 is 1.50 bits per heavy atom. The molecule has 1 rings (SSSR count). The molecule has 0 spiro atoms. The molecule has 0 amide bonds. The van der Waals surface area contributed by atoms with E-state index in [0.717, 1.165) is 19.4 Å². The third-order valence-corrected chi connectivity index (χ3v) is 5.25. The van der Waals surface area contributed by atoms with Crippen molar-refractivity contribution in [3.8, 4) is 0 Å². The molecule has 1 fully saturated rings. The first-order chi connectivity index (χ1) is 9.28. The predicted octanol–water partition coefficient (Wildman–Crippen LogP) is 2.61. The van der Waals surface area contributed by atoms with Gasteiger partial charge in [0, 0.05) is 23.1 Å². The molecule has 1 heterocycles. The number of methoxy groups -OCH3 is 1. The van der Waals surface area contributed by atoms with Crippen LogP contribution in [0.1, 0.15) is 47.5 Å². The number of hydrogen-bond donors (Lipinski definition) is 1. The van der Waals surface area contributed by atoms with Gasteiger partial charge in [-0.05, 0) is 40.5 Å². The molecule has 1 aliphatic heterocycles. The first kappa shape index (κ1) is 17.8. The van der Waals surface area contributed by atoms with E-state index in [0.29, 0.717) is 16.6 Å². The highest BCUT2D eigenvalue weighted by molar-refractivity contribution is 8.00. The van der Waals surface area contributed by atoms with Gasteiger partial charge < -0.3 is 9.47 Å². The van der Waals surface area contributed by atoms with Gasteiger partial charge in [0.05, 0.1) is 13.2 Å². The molecule has 1 aliphatic rings. The Labute approximate surface area is 127 Å². The lowest BCUT2D eigenvalue weighted by Crippen LogP contribution is -2.54. The van der Waals surface area contributed by atoms with E-state index in [2.05, 4.69) is 19.2 Å². The molecule has 0 aromatic carbocycles. The molecular formula is C15H29NO3S. The second-order valence-corrected chi connectivity index (χ2v) is 7.86. The number of nitrogens with one attached hydrogen (secondary N) is 1. The number of ether oxygens (including phenoxy) is 2. The molecule has 118 valence electrons. The molecule has 0 bridgehead atoms. The van der Waals surface area contributed by atoms with Crippen molar-refractivity contribution in [2.45, 2.75) is 75.6 Å². The first-order valence-corrected chi connectivity index (χ1v) is 8.36. The van der Waals surface area contributed by atoms with Gasteiger partial charge in [-0.25, -0.2) is 0 Å². The fraction of sp³-hybridized carbons (Fsp3) is 0.933. The normalized spacial score (nSPS) is 27.4. The van der Waals surface area contributed by atoms with E-state index < -0.39 is 5.54 Å². The zero-order chi connectivity index (χ0) is 15.3. The molecule has 0 aromatic rings. The fourth-order valence-corrected chi connectivity index (χ4v) is 4.43. The van der Waals surface area contributed by atoms with Gasteiger partial charge in [-0.3, -0.25) is 10.1 Å². The summed E-state index contributed by atoms with van der Waals surface area (Å²) < 4.78 is 10.6. The van der Waals surface area contributed by atoms with Gasteiger partial charge in [-0.15, -0.1) is 0 Å². The van der Waals surface area contributed by atoms with Crippen molar-refractivity contribution >= 4 is 17.7 Å². The lowest BCUT2D eigenvalue weighted by Gasteiger charge is -2.33. The highest BCUT2D eigenvalue weighted by atomic mass is 32.2. The minimum absolute atomic E-state index is 0.186. The molecule has 4 unspecified atom stereocenters. The minimum atomic E-state index is -0.627. The standard InChI is InChI=1S/C15H29NO3S/c1-10(2)16-15(5,14(17)18-6)9-11(3)20-13-7-8-19-12(13)4/h10-13,16H,7-9H2,1-6H3. The smallest absolute Gasteiger partial charge is 0.325 e. The van der Waals surface area contributed by atoms with Crippen molar-refractivity contribution in [2.75, 3.05) is 13.7 Å². The predicted molar refractivity (Wildman–Crippen MR) is 84.2 cm³/mol. The molecule has 4 atom stereocenters. The molecule has 5 heteroatoms. The quantitative estimate of drug-likeness (QED) is 0.733. The first-order valence-electron chi connectivity index (χ1n) is 7.41. The highest BCUT2D eigenvalue weighted by Crippen LogP contribution is 2.33. The summed E-state index contributed by atoms with van der Waals surface area (Å²) in [6.07, 6.45) is 2.17. The largest absolute Gasteiger partial charge is 0.468 e. The van der Waals surface area contributed by atoms with E-state index in [1.54, 1.807) is 0 Å². The summed E-state index contributed by atoms with van der Waals surface area (Å²) in [7, 11) is 1.45. The van der Waals surface area contributed by atoms with Crippen LogP contribution in [-0.4, -0.2) is 47.9 Å². The Morgan fingerprint density at radius 2 is 2.15 bits per heavy atom. The van der Waals surface area contributed by atoms with Crippen molar-refractivity contribution < 1.29 is 14.3 Å². The van der Waals surface area contributed by atoms with E-state index >= 15 is 0 Å². The van der Waals surface area contributed by atoms with Crippen LogP contribution in [0, 0.1) is 0 Å². The lowest BCUT2D eigenvalue weighted by molar-refractivity contribution is -0.148. The Morgan fingerprint density at radius 3 is 2.60 bits per heavy atom. The molecular weight excluding hydrogens is 274 g/mol. The number of rotatable bonds is 7. The average molecular weight is 303 g/mol. The van der Waals surface area contributed by atoms with Crippen molar-refractivity contribution in [3.63, 3.8) is 0 Å². The van der Waals surface area contributed by atoms with Gasteiger partial charge in [0.25, 0.3) is 0 Å². The third-order valence-electron chi connectivity index (χ3n) is 3.65. The van der Waals surface area contributed by atoms with E-state index in [9.17, 15) is 4.79 Å². The maximum absolute atomic E-state index is 12.1. The van der Waals surface area contributed by atoms with Crippen LogP contribution in [-0.2, 0) is 14.3 Å². The van der Waals surface area contributed by atoms with E-state index in [1.165, 1.54) is 7.11 Å². The Balaban J connectivity index is 2.61. The van der Waals surface area contributed by atoms with Crippen molar-refractivity contribution in [3.05, 3.63) is 0 Å². The van der Waals surface area contributed by atoms with Crippen LogP contribution in [0.5, 0.6) is 0 Å². The molecule has 0 aromatic heterocycles. The number of carbonyl (C=O) groups excluding carboxylic acids is 1. The summed E-state index contributed by atoms with van der Waals surface area (Å²) in [5.41, 5.74) is -0.627. The van der Waals surface area contributed by atoms with Crippen LogP contribution in [0.25, 0.3) is 0 Å². The number of carbonyl (C=O) groups is 1. The summed E-state index contributed by atoms with van der Waals surface area (Å²) in [5, 5.41) is 4.26. The molecule has 1 N–H and O–H groups in total. The SMILES string of the molecule is COC(=O)C(C)(CC(C)SC1CCOC1C)NC(C)C. The van der Waals surface area contributed by atoms with Gasteiger partial charge in [0.15, 0.2) is 0 Å². The van der Waals surface area contributed by atoms with Gasteiger partial charge in [0.1, 0.15) is 5.54 Å². The summed E-state index contributed by atoms with van der Waals surface area (Å²) in [6, 6.07) is 0.241. The zero-order valence-electron chi connectivity index (χ0n) is 13.6. The van der Waals surface area contributed by atoms with Crippen LogP contribution in [0.4, 0.5) is 0 Å². The molecule has 0 aliphatic carbocycles. The van der Waals surface area contributed by atoms with Crippen molar-refractivity contribution in [1.82, 2.24) is 5.32 Å². The van der Waals surface area contributed by atoms with Crippen LogP contribution >= 0.6 is 11.8 Å². The lowest BCUT2D eigenvalue weighted by atomic mass is 9.95. The van der Waals surface area contributed by atoms with Crippen LogP contribution in [0.2, 0.25) is 0 Å². The molecule has 0 radical (unpaired) electrons. The fourth-order valence-electron chi connectivity index (χ4n) is 2.88. The number of hydrogen-bond acceptors (Lipinski definition) is 5. The average Bonchev–Trinajstić information content (AvgIpc) is 2.72. The van der Waals surface area contributed by atoms with Crippen molar-refractivity contribution in [1.29, 1.82) is 0 Å². The highest BCUT2D eigenvalue weighted by Gasteiger charge is 2.37. The molecule has 1 saturated heterocycles. The Hall–Kier alpha value is -0.260. The number of esters is 1. The van der Waals surface area contributed by atoms with Crippen molar-refractivity contribution in [2.24, 2.45) is 0 Å². The van der Waals surface area contributed by atoms with Gasteiger partial charge in [-0.1, -0.05) is 6.92 Å². The van der Waals surface area contributed by atoms with Crippen LogP contribution < -0.4 is 5.32 Å². The monoisotopic (exact) mass is 303 g/mol. The molecule has 4 nitrogen and oxygen atoms in total.